The largest absolute Gasteiger partial charge is 0.470 e. The van der Waals surface area contributed by atoms with Crippen molar-refractivity contribution in [2.75, 3.05) is 25.1 Å². The lowest BCUT2D eigenvalue weighted by Crippen LogP contribution is -2.13. The van der Waals surface area contributed by atoms with E-state index >= 15 is 0 Å². The summed E-state index contributed by atoms with van der Waals surface area (Å²) in [6, 6.07) is 0. The number of anilines is 1. The summed E-state index contributed by atoms with van der Waals surface area (Å²) >= 11 is 0. The maximum absolute atomic E-state index is 10.8. The third-order valence-corrected chi connectivity index (χ3v) is 2.04. The Morgan fingerprint density at radius 3 is 2.79 bits per heavy atom. The summed E-state index contributed by atoms with van der Waals surface area (Å²) in [5.41, 5.74) is -0.258. The summed E-state index contributed by atoms with van der Waals surface area (Å²) in [5, 5.41) is 13.7. The minimum Gasteiger partial charge on any atom is -0.470 e. The highest BCUT2D eigenvalue weighted by Gasteiger charge is 2.18. The third-order valence-electron chi connectivity index (χ3n) is 2.04. The lowest BCUT2D eigenvalue weighted by atomic mass is 10.5. The van der Waals surface area contributed by atoms with Gasteiger partial charge in [-0.2, -0.15) is 4.98 Å². The van der Waals surface area contributed by atoms with Crippen molar-refractivity contribution in [3.05, 3.63) is 16.3 Å². The fourth-order valence-corrected chi connectivity index (χ4v) is 1.26. The lowest BCUT2D eigenvalue weighted by molar-refractivity contribution is -0.386. The zero-order valence-corrected chi connectivity index (χ0v) is 11.3. The number of aromatic nitrogens is 2. The van der Waals surface area contributed by atoms with E-state index < -0.39 is 4.92 Å². The van der Waals surface area contributed by atoms with E-state index in [4.69, 9.17) is 9.47 Å². The van der Waals surface area contributed by atoms with Gasteiger partial charge in [0.25, 0.3) is 5.88 Å². The van der Waals surface area contributed by atoms with Crippen LogP contribution in [-0.4, -0.2) is 40.8 Å². The SMILES string of the molecule is CCNc1ncc([N+](=O)[O-])c(OCCOC(C)C)n1. The summed E-state index contributed by atoms with van der Waals surface area (Å²) < 4.78 is 10.6. The van der Waals surface area contributed by atoms with Crippen molar-refractivity contribution in [2.24, 2.45) is 0 Å². The lowest BCUT2D eigenvalue weighted by Gasteiger charge is -2.09. The van der Waals surface area contributed by atoms with E-state index in [2.05, 4.69) is 15.3 Å². The summed E-state index contributed by atoms with van der Waals surface area (Å²) in [7, 11) is 0. The minimum atomic E-state index is -0.575. The molecule has 0 aliphatic heterocycles. The zero-order chi connectivity index (χ0) is 14.3. The molecule has 0 unspecified atom stereocenters. The van der Waals surface area contributed by atoms with Gasteiger partial charge in [0.15, 0.2) is 0 Å². The molecule has 0 saturated carbocycles. The molecule has 0 saturated heterocycles. The Labute approximate surface area is 111 Å². The highest BCUT2D eigenvalue weighted by atomic mass is 16.6. The highest BCUT2D eigenvalue weighted by molar-refractivity contribution is 5.43. The highest BCUT2D eigenvalue weighted by Crippen LogP contribution is 2.24. The van der Waals surface area contributed by atoms with Crippen LogP contribution in [0, 0.1) is 10.1 Å². The van der Waals surface area contributed by atoms with Gasteiger partial charge in [0.1, 0.15) is 12.8 Å². The molecule has 0 radical (unpaired) electrons. The first kappa shape index (κ1) is 15.1. The molecule has 8 nitrogen and oxygen atoms in total. The topological polar surface area (TPSA) is 99.4 Å². The van der Waals surface area contributed by atoms with E-state index in [9.17, 15) is 10.1 Å². The van der Waals surface area contributed by atoms with Crippen LogP contribution in [0.15, 0.2) is 6.20 Å². The van der Waals surface area contributed by atoms with E-state index in [0.29, 0.717) is 19.1 Å². The number of nitro groups is 1. The molecule has 0 atom stereocenters. The van der Waals surface area contributed by atoms with Crippen molar-refractivity contribution in [1.29, 1.82) is 0 Å². The predicted octanol–water partition coefficient (Wildman–Crippen LogP) is 1.62. The van der Waals surface area contributed by atoms with E-state index in [1.807, 2.05) is 20.8 Å². The van der Waals surface area contributed by atoms with Crippen LogP contribution in [-0.2, 0) is 4.74 Å². The van der Waals surface area contributed by atoms with E-state index in [1.54, 1.807) is 0 Å². The van der Waals surface area contributed by atoms with Gasteiger partial charge in [0, 0.05) is 6.54 Å². The van der Waals surface area contributed by atoms with Gasteiger partial charge in [-0.15, -0.1) is 0 Å². The van der Waals surface area contributed by atoms with Gasteiger partial charge >= 0.3 is 5.69 Å². The molecule has 1 N–H and O–H groups in total. The Balaban J connectivity index is 2.71. The maximum atomic E-state index is 10.8. The van der Waals surface area contributed by atoms with Crippen molar-refractivity contribution >= 4 is 11.6 Å². The molecule has 0 bridgehead atoms. The molecule has 106 valence electrons. The smallest absolute Gasteiger partial charge is 0.349 e. The number of nitrogens with one attached hydrogen (secondary N) is 1. The second-order valence-corrected chi connectivity index (χ2v) is 3.94. The standard InChI is InChI=1S/C11H18N4O4/c1-4-12-11-13-7-9(15(16)17)10(14-11)19-6-5-18-8(2)3/h7-8H,4-6H2,1-3H3,(H,12,13,14). The van der Waals surface area contributed by atoms with Gasteiger partial charge in [-0.3, -0.25) is 10.1 Å². The van der Waals surface area contributed by atoms with Gasteiger partial charge < -0.3 is 14.8 Å². The third kappa shape index (κ3) is 5.04. The molecule has 19 heavy (non-hydrogen) atoms. The van der Waals surface area contributed by atoms with Crippen LogP contribution in [0.1, 0.15) is 20.8 Å². The van der Waals surface area contributed by atoms with E-state index in [1.165, 1.54) is 0 Å². The Hall–Kier alpha value is -1.96. The Morgan fingerprint density at radius 1 is 1.47 bits per heavy atom. The molecular weight excluding hydrogens is 252 g/mol. The molecule has 0 aliphatic carbocycles. The fourth-order valence-electron chi connectivity index (χ4n) is 1.26. The molecule has 0 amide bonds. The number of rotatable bonds is 8. The molecular formula is C11H18N4O4. The molecule has 1 aromatic heterocycles. The quantitative estimate of drug-likeness (QED) is 0.435. The molecule has 0 fully saturated rings. The normalized spacial score (nSPS) is 10.5. The summed E-state index contributed by atoms with van der Waals surface area (Å²) in [6.07, 6.45) is 1.21. The fraction of sp³-hybridized carbons (Fsp3) is 0.636. The van der Waals surface area contributed by atoms with Crippen LogP contribution < -0.4 is 10.1 Å². The average molecular weight is 270 g/mol. The number of hydrogen-bond acceptors (Lipinski definition) is 7. The van der Waals surface area contributed by atoms with Crippen LogP contribution >= 0.6 is 0 Å². The number of hydrogen-bond donors (Lipinski definition) is 1. The Kier molecular flexibility index (Phi) is 5.94. The van der Waals surface area contributed by atoms with Crippen LogP contribution in [0.4, 0.5) is 11.6 Å². The van der Waals surface area contributed by atoms with E-state index in [0.717, 1.165) is 6.20 Å². The van der Waals surface area contributed by atoms with Gasteiger partial charge in [-0.05, 0) is 20.8 Å². The second kappa shape index (κ2) is 7.47. The molecule has 0 aromatic carbocycles. The Morgan fingerprint density at radius 2 is 2.21 bits per heavy atom. The first-order chi connectivity index (χ1) is 9.04. The average Bonchev–Trinajstić information content (AvgIpc) is 2.34. The Bertz CT molecular complexity index is 425. The van der Waals surface area contributed by atoms with Crippen LogP contribution in [0.5, 0.6) is 5.88 Å². The molecule has 0 spiro atoms. The monoisotopic (exact) mass is 270 g/mol. The molecule has 1 rings (SSSR count). The first-order valence-electron chi connectivity index (χ1n) is 6.04. The molecule has 8 heteroatoms. The van der Waals surface area contributed by atoms with Gasteiger partial charge in [0.2, 0.25) is 5.95 Å². The van der Waals surface area contributed by atoms with Gasteiger partial charge in [-0.1, -0.05) is 0 Å². The van der Waals surface area contributed by atoms with Crippen molar-refractivity contribution in [3.8, 4) is 5.88 Å². The molecule has 0 aliphatic rings. The van der Waals surface area contributed by atoms with Crippen molar-refractivity contribution < 1.29 is 14.4 Å². The number of ether oxygens (including phenoxy) is 2. The van der Waals surface area contributed by atoms with Crippen molar-refractivity contribution in [2.45, 2.75) is 26.9 Å². The zero-order valence-electron chi connectivity index (χ0n) is 11.3. The molecule has 1 aromatic rings. The van der Waals surface area contributed by atoms with Crippen LogP contribution in [0.3, 0.4) is 0 Å². The van der Waals surface area contributed by atoms with Crippen LogP contribution in [0.25, 0.3) is 0 Å². The molecule has 1 heterocycles. The summed E-state index contributed by atoms with van der Waals surface area (Å²) in [6.45, 7) is 6.83. The van der Waals surface area contributed by atoms with Crippen molar-refractivity contribution in [3.63, 3.8) is 0 Å². The maximum Gasteiger partial charge on any atom is 0.349 e. The van der Waals surface area contributed by atoms with E-state index in [-0.39, 0.29) is 24.3 Å². The van der Waals surface area contributed by atoms with Crippen molar-refractivity contribution in [1.82, 2.24) is 9.97 Å². The minimum absolute atomic E-state index is 0.0525. The van der Waals surface area contributed by atoms with Gasteiger partial charge in [-0.25, -0.2) is 4.98 Å². The first-order valence-corrected chi connectivity index (χ1v) is 6.04. The van der Waals surface area contributed by atoms with Crippen LogP contribution in [0.2, 0.25) is 0 Å². The second-order valence-electron chi connectivity index (χ2n) is 3.94. The predicted molar refractivity (Wildman–Crippen MR) is 69.4 cm³/mol. The summed E-state index contributed by atoms with van der Waals surface area (Å²) in [5.74, 6) is 0.246. The van der Waals surface area contributed by atoms with Gasteiger partial charge in [0.05, 0.1) is 17.6 Å². The number of nitrogens with zero attached hydrogens (tertiary/aromatic N) is 3. The summed E-state index contributed by atoms with van der Waals surface area (Å²) in [4.78, 5) is 18.0.